The number of halogens is 2. The Morgan fingerprint density at radius 2 is 2.25 bits per heavy atom. The number of nitrogens with zero attached hydrogens (tertiary/aromatic N) is 1. The van der Waals surface area contributed by atoms with Crippen LogP contribution in [0.4, 0.5) is 4.39 Å². The average molecular weight is 343 g/mol. The summed E-state index contributed by atoms with van der Waals surface area (Å²) in [6.45, 7) is 9.59. The fourth-order valence-corrected chi connectivity index (χ4v) is 3.11. The lowest BCUT2D eigenvalue weighted by Crippen LogP contribution is -2.56. The quantitative estimate of drug-likeness (QED) is 0.895. The van der Waals surface area contributed by atoms with Gasteiger partial charge in [-0.05, 0) is 40.4 Å². The molecule has 1 aromatic carbocycles. The molecule has 1 N–H and O–H groups in total. The Morgan fingerprint density at radius 1 is 1.50 bits per heavy atom. The zero-order valence-corrected chi connectivity index (χ0v) is 14.1. The monoisotopic (exact) mass is 342 g/mol. The van der Waals surface area contributed by atoms with E-state index in [-0.39, 0.29) is 5.82 Å². The molecule has 20 heavy (non-hydrogen) atoms. The first-order valence-electron chi connectivity index (χ1n) is 7.43. The van der Waals surface area contributed by atoms with Crippen molar-refractivity contribution in [2.75, 3.05) is 13.1 Å². The van der Waals surface area contributed by atoms with E-state index in [0.29, 0.717) is 22.5 Å². The van der Waals surface area contributed by atoms with Crippen LogP contribution in [-0.2, 0) is 6.54 Å². The van der Waals surface area contributed by atoms with Crippen LogP contribution in [0.15, 0.2) is 22.7 Å². The molecule has 3 atom stereocenters. The molecule has 1 saturated heterocycles. The fourth-order valence-electron chi connectivity index (χ4n) is 2.72. The lowest BCUT2D eigenvalue weighted by molar-refractivity contribution is 0.111. The normalized spacial score (nSPS) is 25.6. The lowest BCUT2D eigenvalue weighted by Gasteiger charge is -2.41. The van der Waals surface area contributed by atoms with Crippen molar-refractivity contribution in [3.63, 3.8) is 0 Å². The first-order chi connectivity index (χ1) is 9.52. The van der Waals surface area contributed by atoms with Gasteiger partial charge in [0.05, 0.1) is 4.47 Å². The third kappa shape index (κ3) is 3.60. The highest BCUT2D eigenvalue weighted by molar-refractivity contribution is 9.10. The maximum absolute atomic E-state index is 13.6. The second kappa shape index (κ2) is 7.01. The predicted molar refractivity (Wildman–Crippen MR) is 85.2 cm³/mol. The molecule has 0 amide bonds. The van der Waals surface area contributed by atoms with Crippen LogP contribution in [0.3, 0.4) is 0 Å². The molecule has 0 aromatic heterocycles. The van der Waals surface area contributed by atoms with E-state index >= 15 is 0 Å². The molecule has 0 radical (unpaired) electrons. The van der Waals surface area contributed by atoms with E-state index in [1.165, 1.54) is 12.5 Å². The molecule has 0 saturated carbocycles. The minimum Gasteiger partial charge on any atom is -0.311 e. The Labute approximate surface area is 129 Å². The number of hydrogen-bond acceptors (Lipinski definition) is 2. The van der Waals surface area contributed by atoms with Crippen molar-refractivity contribution in [2.24, 2.45) is 5.92 Å². The minimum absolute atomic E-state index is 0.177. The second-order valence-electron chi connectivity index (χ2n) is 5.89. The number of hydrogen-bond donors (Lipinski definition) is 1. The van der Waals surface area contributed by atoms with Gasteiger partial charge in [-0.1, -0.05) is 32.4 Å². The molecule has 1 aliphatic heterocycles. The van der Waals surface area contributed by atoms with E-state index < -0.39 is 0 Å². The Hall–Kier alpha value is -0.450. The van der Waals surface area contributed by atoms with E-state index in [4.69, 9.17) is 0 Å². The summed E-state index contributed by atoms with van der Waals surface area (Å²) in [7, 11) is 0. The lowest BCUT2D eigenvalue weighted by atomic mass is 9.95. The number of rotatable bonds is 4. The Balaban J connectivity index is 2.08. The summed E-state index contributed by atoms with van der Waals surface area (Å²) in [5.41, 5.74) is 1.03. The zero-order chi connectivity index (χ0) is 14.7. The van der Waals surface area contributed by atoms with Crippen molar-refractivity contribution in [2.45, 2.75) is 45.8 Å². The minimum atomic E-state index is -0.177. The number of piperazine rings is 1. The van der Waals surface area contributed by atoms with E-state index in [1.807, 2.05) is 6.07 Å². The molecule has 2 rings (SSSR count). The highest BCUT2D eigenvalue weighted by atomic mass is 79.9. The number of nitrogens with one attached hydrogen (secondary N) is 1. The van der Waals surface area contributed by atoms with Gasteiger partial charge in [0.15, 0.2) is 0 Å². The second-order valence-corrected chi connectivity index (χ2v) is 6.68. The molecule has 0 bridgehead atoms. The van der Waals surface area contributed by atoms with Crippen LogP contribution in [0.1, 0.15) is 32.8 Å². The highest BCUT2D eigenvalue weighted by Crippen LogP contribution is 2.24. The first kappa shape index (κ1) is 15.9. The standard InChI is InChI=1S/C16H24BrFN2/c1-4-11(2)15-10-20(12(3)8-19-15)9-13-6-5-7-14(18)16(13)17/h5-7,11-12,15,19H,4,8-10H2,1-3H3. The van der Waals surface area contributed by atoms with Crippen LogP contribution in [0, 0.1) is 11.7 Å². The molecular formula is C16H24BrFN2. The van der Waals surface area contributed by atoms with Crippen LogP contribution >= 0.6 is 15.9 Å². The number of benzene rings is 1. The van der Waals surface area contributed by atoms with Gasteiger partial charge in [-0.2, -0.15) is 0 Å². The molecular weight excluding hydrogens is 319 g/mol. The van der Waals surface area contributed by atoms with Crippen LogP contribution in [0.25, 0.3) is 0 Å². The molecule has 3 unspecified atom stereocenters. The molecule has 1 fully saturated rings. The van der Waals surface area contributed by atoms with Gasteiger partial charge in [0.25, 0.3) is 0 Å². The summed E-state index contributed by atoms with van der Waals surface area (Å²) in [6, 6.07) is 6.29. The topological polar surface area (TPSA) is 15.3 Å². The Kier molecular flexibility index (Phi) is 5.58. The molecule has 0 spiro atoms. The van der Waals surface area contributed by atoms with Gasteiger partial charge in [0.2, 0.25) is 0 Å². The van der Waals surface area contributed by atoms with E-state index in [0.717, 1.165) is 25.2 Å². The molecule has 112 valence electrons. The summed E-state index contributed by atoms with van der Waals surface area (Å²) in [6.07, 6.45) is 1.18. The van der Waals surface area contributed by atoms with E-state index in [1.54, 1.807) is 6.07 Å². The smallest absolute Gasteiger partial charge is 0.137 e. The molecule has 1 aliphatic rings. The third-order valence-electron chi connectivity index (χ3n) is 4.47. The van der Waals surface area contributed by atoms with Crippen molar-refractivity contribution in [1.29, 1.82) is 0 Å². The largest absolute Gasteiger partial charge is 0.311 e. The van der Waals surface area contributed by atoms with Gasteiger partial charge in [-0.15, -0.1) is 0 Å². The molecule has 1 heterocycles. The predicted octanol–water partition coefficient (Wildman–Crippen LogP) is 3.80. The van der Waals surface area contributed by atoms with Crippen molar-refractivity contribution < 1.29 is 4.39 Å². The van der Waals surface area contributed by atoms with Crippen molar-refractivity contribution in [1.82, 2.24) is 10.2 Å². The fraction of sp³-hybridized carbons (Fsp3) is 0.625. The summed E-state index contributed by atoms with van der Waals surface area (Å²) in [4.78, 5) is 2.45. The van der Waals surface area contributed by atoms with Crippen molar-refractivity contribution in [3.8, 4) is 0 Å². The van der Waals surface area contributed by atoms with Gasteiger partial charge < -0.3 is 5.32 Å². The van der Waals surface area contributed by atoms with Crippen LogP contribution in [0.5, 0.6) is 0 Å². The highest BCUT2D eigenvalue weighted by Gasteiger charge is 2.28. The maximum Gasteiger partial charge on any atom is 0.137 e. The zero-order valence-electron chi connectivity index (χ0n) is 12.5. The van der Waals surface area contributed by atoms with Crippen LogP contribution in [0.2, 0.25) is 0 Å². The van der Waals surface area contributed by atoms with Gasteiger partial charge in [0, 0.05) is 31.7 Å². The molecule has 1 aromatic rings. The van der Waals surface area contributed by atoms with Crippen molar-refractivity contribution >= 4 is 15.9 Å². The SMILES string of the molecule is CCC(C)C1CN(Cc2cccc(F)c2Br)C(C)CN1. The van der Waals surface area contributed by atoms with E-state index in [9.17, 15) is 4.39 Å². The summed E-state index contributed by atoms with van der Waals surface area (Å²) in [5, 5.41) is 3.63. The van der Waals surface area contributed by atoms with Gasteiger partial charge in [-0.25, -0.2) is 4.39 Å². The molecule has 2 nitrogen and oxygen atoms in total. The molecule has 0 aliphatic carbocycles. The first-order valence-corrected chi connectivity index (χ1v) is 8.22. The average Bonchev–Trinajstić information content (AvgIpc) is 2.45. The maximum atomic E-state index is 13.6. The summed E-state index contributed by atoms with van der Waals surface area (Å²) >= 11 is 3.37. The van der Waals surface area contributed by atoms with Crippen LogP contribution in [-0.4, -0.2) is 30.1 Å². The summed E-state index contributed by atoms with van der Waals surface area (Å²) in [5.74, 6) is 0.490. The van der Waals surface area contributed by atoms with Crippen LogP contribution < -0.4 is 5.32 Å². The third-order valence-corrected chi connectivity index (χ3v) is 5.35. The molecule has 4 heteroatoms. The van der Waals surface area contributed by atoms with Crippen molar-refractivity contribution in [3.05, 3.63) is 34.1 Å². The summed E-state index contributed by atoms with van der Waals surface area (Å²) < 4.78 is 14.2. The van der Waals surface area contributed by atoms with Gasteiger partial charge in [0.1, 0.15) is 5.82 Å². The van der Waals surface area contributed by atoms with Gasteiger partial charge >= 0.3 is 0 Å². The Bertz CT molecular complexity index is 452. The van der Waals surface area contributed by atoms with Gasteiger partial charge in [-0.3, -0.25) is 4.90 Å². The Morgan fingerprint density at radius 3 is 2.95 bits per heavy atom. The van der Waals surface area contributed by atoms with E-state index in [2.05, 4.69) is 46.9 Å².